The van der Waals surface area contributed by atoms with E-state index >= 15 is 0 Å². The third kappa shape index (κ3) is 1.67. The number of para-hydroxylation sites is 2. The average Bonchev–Trinajstić information content (AvgIpc) is 2.93. The molecule has 0 bridgehead atoms. The normalized spacial score (nSPS) is 11.3. The van der Waals surface area contributed by atoms with Gasteiger partial charge >= 0.3 is 5.63 Å². The molecule has 5 heteroatoms. The van der Waals surface area contributed by atoms with E-state index in [-0.39, 0.29) is 11.3 Å². The van der Waals surface area contributed by atoms with Crippen LogP contribution < -0.4 is 5.63 Å². The van der Waals surface area contributed by atoms with E-state index in [1.165, 1.54) is 12.4 Å². The Morgan fingerprint density at radius 1 is 1.05 bits per heavy atom. The van der Waals surface area contributed by atoms with E-state index in [9.17, 15) is 9.18 Å². The highest BCUT2D eigenvalue weighted by Crippen LogP contribution is 2.25. The number of hydrogen-bond donors (Lipinski definition) is 0. The monoisotopic (exact) mass is 280 g/mol. The molecule has 4 aromatic rings. The van der Waals surface area contributed by atoms with E-state index in [0.29, 0.717) is 22.2 Å². The molecule has 0 N–H and O–H groups in total. The second-order valence-corrected chi connectivity index (χ2v) is 4.65. The zero-order chi connectivity index (χ0) is 14.4. The fourth-order valence-electron chi connectivity index (χ4n) is 2.48. The molecule has 21 heavy (non-hydrogen) atoms. The van der Waals surface area contributed by atoms with Gasteiger partial charge < -0.3 is 4.42 Å². The lowest BCUT2D eigenvalue weighted by Crippen LogP contribution is -2.02. The van der Waals surface area contributed by atoms with Gasteiger partial charge in [0, 0.05) is 5.39 Å². The third-order valence-electron chi connectivity index (χ3n) is 3.42. The van der Waals surface area contributed by atoms with Crippen molar-refractivity contribution >= 4 is 22.0 Å². The van der Waals surface area contributed by atoms with Crippen LogP contribution in [-0.4, -0.2) is 9.55 Å². The van der Waals surface area contributed by atoms with Crippen molar-refractivity contribution in [1.82, 2.24) is 9.55 Å². The van der Waals surface area contributed by atoms with Gasteiger partial charge in [0.05, 0.1) is 11.2 Å². The Bertz CT molecular complexity index is 1030. The summed E-state index contributed by atoms with van der Waals surface area (Å²) in [5.74, 6) is -0.380. The summed E-state index contributed by atoms with van der Waals surface area (Å²) in [4.78, 5) is 16.1. The van der Waals surface area contributed by atoms with Gasteiger partial charge in [-0.1, -0.05) is 24.3 Å². The number of nitrogens with zero attached hydrogens (tertiary/aromatic N) is 2. The maximum Gasteiger partial charge on any atom is 0.364 e. The van der Waals surface area contributed by atoms with Crippen molar-refractivity contribution in [1.29, 1.82) is 0 Å². The molecule has 0 saturated heterocycles. The van der Waals surface area contributed by atoms with Crippen molar-refractivity contribution in [3.8, 4) is 5.69 Å². The molecule has 102 valence electrons. The molecule has 0 radical (unpaired) electrons. The van der Waals surface area contributed by atoms with Gasteiger partial charge in [0.25, 0.3) is 0 Å². The molecule has 2 aromatic heterocycles. The summed E-state index contributed by atoms with van der Waals surface area (Å²) in [5, 5.41) is 0.716. The minimum atomic E-state index is -0.529. The number of aromatic nitrogens is 2. The molecule has 0 atom stereocenters. The van der Waals surface area contributed by atoms with Crippen LogP contribution in [0.4, 0.5) is 4.39 Å². The molecule has 2 aromatic carbocycles. The molecular formula is C16H9FN2O2. The minimum absolute atomic E-state index is 0.192. The van der Waals surface area contributed by atoms with Crippen LogP contribution in [0.2, 0.25) is 0 Å². The smallest absolute Gasteiger partial charge is 0.364 e. The highest BCUT2D eigenvalue weighted by molar-refractivity contribution is 6.01. The number of halogens is 1. The topological polar surface area (TPSA) is 48.0 Å². The maximum absolute atomic E-state index is 14.0. The van der Waals surface area contributed by atoms with Crippen LogP contribution in [-0.2, 0) is 0 Å². The van der Waals surface area contributed by atoms with Crippen molar-refractivity contribution < 1.29 is 8.81 Å². The quantitative estimate of drug-likeness (QED) is 0.503. The van der Waals surface area contributed by atoms with Gasteiger partial charge in [-0.3, -0.25) is 4.57 Å². The van der Waals surface area contributed by atoms with Crippen molar-refractivity contribution in [2.75, 3.05) is 0 Å². The van der Waals surface area contributed by atoms with Gasteiger partial charge in [-0.05, 0) is 24.3 Å². The Balaban J connectivity index is 2.22. The van der Waals surface area contributed by atoms with Crippen LogP contribution >= 0.6 is 0 Å². The first-order valence-electron chi connectivity index (χ1n) is 6.39. The van der Waals surface area contributed by atoms with Gasteiger partial charge in [-0.25, -0.2) is 14.2 Å². The number of hydrogen-bond acceptors (Lipinski definition) is 3. The number of benzene rings is 2. The molecule has 0 amide bonds. The molecule has 0 unspecified atom stereocenters. The van der Waals surface area contributed by atoms with Gasteiger partial charge in [0.15, 0.2) is 5.52 Å². The van der Waals surface area contributed by atoms with Crippen LogP contribution in [0, 0.1) is 5.82 Å². The van der Waals surface area contributed by atoms with Crippen molar-refractivity contribution in [2.45, 2.75) is 0 Å². The van der Waals surface area contributed by atoms with E-state index in [1.54, 1.807) is 34.9 Å². The standard InChI is InChI=1S/C16H9FN2O2/c17-11-6-2-3-7-12(11)19-9-18-14-15(19)10-5-1-4-8-13(10)21-16(14)20/h1-9H. The SMILES string of the molecule is O=c1oc2ccccc2c2c1ncn2-c1ccccc1F. The Morgan fingerprint density at radius 2 is 1.81 bits per heavy atom. The van der Waals surface area contributed by atoms with E-state index in [1.807, 2.05) is 12.1 Å². The summed E-state index contributed by atoms with van der Waals surface area (Å²) >= 11 is 0. The highest BCUT2D eigenvalue weighted by Gasteiger charge is 2.15. The molecule has 0 aliphatic rings. The third-order valence-corrected chi connectivity index (χ3v) is 3.42. The fourth-order valence-corrected chi connectivity index (χ4v) is 2.48. The second-order valence-electron chi connectivity index (χ2n) is 4.65. The van der Waals surface area contributed by atoms with Gasteiger partial charge in [-0.2, -0.15) is 0 Å². The number of rotatable bonds is 1. The van der Waals surface area contributed by atoms with Crippen molar-refractivity contribution in [3.05, 3.63) is 71.1 Å². The van der Waals surface area contributed by atoms with Crippen molar-refractivity contribution in [2.24, 2.45) is 0 Å². The first-order chi connectivity index (χ1) is 10.3. The maximum atomic E-state index is 14.0. The Hall–Kier alpha value is -2.95. The molecule has 4 rings (SSSR count). The van der Waals surface area contributed by atoms with Crippen LogP contribution in [0.25, 0.3) is 27.7 Å². The van der Waals surface area contributed by atoms with Crippen molar-refractivity contribution in [3.63, 3.8) is 0 Å². The average molecular weight is 280 g/mol. The fraction of sp³-hybridized carbons (Fsp3) is 0. The lowest BCUT2D eigenvalue weighted by Gasteiger charge is -2.06. The highest BCUT2D eigenvalue weighted by atomic mass is 19.1. The largest absolute Gasteiger partial charge is 0.421 e. The van der Waals surface area contributed by atoms with Gasteiger partial charge in [0.2, 0.25) is 0 Å². The van der Waals surface area contributed by atoms with Crippen LogP contribution in [0.3, 0.4) is 0 Å². The minimum Gasteiger partial charge on any atom is -0.421 e. The lowest BCUT2D eigenvalue weighted by atomic mass is 10.2. The molecular weight excluding hydrogens is 271 g/mol. The predicted octanol–water partition coefficient (Wildman–Crippen LogP) is 3.27. The molecule has 0 aliphatic heterocycles. The predicted molar refractivity (Wildman–Crippen MR) is 77.1 cm³/mol. The van der Waals surface area contributed by atoms with E-state index in [4.69, 9.17) is 4.42 Å². The first kappa shape index (κ1) is 11.8. The summed E-state index contributed by atoms with van der Waals surface area (Å²) in [6.07, 6.45) is 1.44. The molecule has 4 nitrogen and oxygen atoms in total. The summed E-state index contributed by atoms with van der Waals surface area (Å²) in [5.41, 5.74) is 1.01. The second kappa shape index (κ2) is 4.28. The number of fused-ring (bicyclic) bond motifs is 3. The molecule has 2 heterocycles. The van der Waals surface area contributed by atoms with E-state index in [2.05, 4.69) is 4.98 Å². The Labute approximate surface area is 118 Å². The lowest BCUT2D eigenvalue weighted by molar-refractivity contribution is 0.568. The number of imidazole rings is 1. The van der Waals surface area contributed by atoms with Gasteiger partial charge in [0.1, 0.15) is 17.7 Å². The molecule has 0 fully saturated rings. The van der Waals surface area contributed by atoms with Crippen LogP contribution in [0.5, 0.6) is 0 Å². The molecule has 0 saturated carbocycles. The van der Waals surface area contributed by atoms with E-state index < -0.39 is 5.63 Å². The zero-order valence-electron chi connectivity index (χ0n) is 10.8. The zero-order valence-corrected chi connectivity index (χ0v) is 10.8. The van der Waals surface area contributed by atoms with Crippen LogP contribution in [0.15, 0.2) is 64.1 Å². The van der Waals surface area contributed by atoms with E-state index in [0.717, 1.165) is 0 Å². The summed E-state index contributed by atoms with van der Waals surface area (Å²) in [6, 6.07) is 13.5. The first-order valence-corrected chi connectivity index (χ1v) is 6.39. The summed E-state index contributed by atoms with van der Waals surface area (Å²) in [7, 11) is 0. The Kier molecular flexibility index (Phi) is 2.41. The Morgan fingerprint density at radius 3 is 2.67 bits per heavy atom. The van der Waals surface area contributed by atoms with Crippen LogP contribution in [0.1, 0.15) is 0 Å². The van der Waals surface area contributed by atoms with Gasteiger partial charge in [-0.15, -0.1) is 0 Å². The molecule has 0 aliphatic carbocycles. The summed E-state index contributed by atoms with van der Waals surface area (Å²) in [6.45, 7) is 0. The summed E-state index contributed by atoms with van der Waals surface area (Å²) < 4.78 is 20.8. The molecule has 0 spiro atoms.